The molecule has 0 radical (unpaired) electrons. The highest BCUT2D eigenvalue weighted by atomic mass is 79.9. The largest absolute Gasteiger partial charge is 0.316 e. The summed E-state index contributed by atoms with van der Waals surface area (Å²) in [7, 11) is 0. The van der Waals surface area contributed by atoms with Gasteiger partial charge in [0.25, 0.3) is 0 Å². The predicted molar refractivity (Wildman–Crippen MR) is 94.7 cm³/mol. The lowest BCUT2D eigenvalue weighted by Gasteiger charge is -2.31. The van der Waals surface area contributed by atoms with Crippen LogP contribution in [0, 0.1) is 11.8 Å². The third kappa shape index (κ3) is 4.53. The van der Waals surface area contributed by atoms with Crippen LogP contribution >= 0.6 is 28.3 Å². The van der Waals surface area contributed by atoms with Gasteiger partial charge in [-0.05, 0) is 36.7 Å². The fourth-order valence-electron chi connectivity index (χ4n) is 2.35. The summed E-state index contributed by atoms with van der Waals surface area (Å²) >= 11 is 3.45. The van der Waals surface area contributed by atoms with Crippen molar-refractivity contribution >= 4 is 40.2 Å². The lowest BCUT2D eigenvalue weighted by Crippen LogP contribution is -2.48. The molecule has 0 bridgehead atoms. The number of halogens is 2. The van der Waals surface area contributed by atoms with Gasteiger partial charge in [0.15, 0.2) is 0 Å². The van der Waals surface area contributed by atoms with Gasteiger partial charge in [-0.15, -0.1) is 17.5 Å². The van der Waals surface area contributed by atoms with Crippen molar-refractivity contribution in [1.29, 1.82) is 0 Å². The molecule has 124 valence electrons. The maximum Gasteiger partial charge on any atom is 0.248 e. The quantitative estimate of drug-likeness (QED) is 0.808. The highest BCUT2D eigenvalue weighted by molar-refractivity contribution is 9.10. The van der Waals surface area contributed by atoms with Crippen LogP contribution in [-0.4, -0.2) is 33.8 Å². The van der Waals surface area contributed by atoms with Gasteiger partial charge in [-0.25, -0.2) is 9.67 Å². The minimum absolute atomic E-state index is 0. The van der Waals surface area contributed by atoms with E-state index in [1.807, 2.05) is 31.2 Å². The van der Waals surface area contributed by atoms with Crippen molar-refractivity contribution in [2.75, 3.05) is 18.4 Å². The van der Waals surface area contributed by atoms with E-state index < -0.39 is 0 Å². The lowest BCUT2D eigenvalue weighted by molar-refractivity contribution is -0.121. The average molecular weight is 401 g/mol. The molecule has 23 heavy (non-hydrogen) atoms. The molecule has 1 aliphatic rings. The molecule has 1 aromatic carbocycles. The second kappa shape index (κ2) is 7.90. The molecule has 8 heteroatoms. The first-order chi connectivity index (χ1) is 10.6. The highest BCUT2D eigenvalue weighted by Crippen LogP contribution is 2.17. The van der Waals surface area contributed by atoms with Gasteiger partial charge < -0.3 is 5.32 Å². The van der Waals surface area contributed by atoms with Crippen molar-refractivity contribution in [3.8, 4) is 0 Å². The molecular weight excluding hydrogens is 382 g/mol. The van der Waals surface area contributed by atoms with Gasteiger partial charge in [-0.1, -0.05) is 35.0 Å². The molecular formula is C15H19BrClN5O. The number of nitrogens with one attached hydrogen (secondary N) is 2. The molecule has 6 nitrogen and oxygen atoms in total. The number of carbonyl (C=O) groups excluding carboxylic acids is 1. The van der Waals surface area contributed by atoms with E-state index in [9.17, 15) is 4.79 Å². The summed E-state index contributed by atoms with van der Waals surface area (Å²) in [5.41, 5.74) is 1.12. The first-order valence-corrected chi connectivity index (χ1v) is 8.06. The van der Waals surface area contributed by atoms with E-state index in [2.05, 4.69) is 36.6 Å². The molecule has 0 saturated carbocycles. The van der Waals surface area contributed by atoms with E-state index in [1.54, 1.807) is 11.0 Å². The Bertz CT molecular complexity index is 673. The van der Waals surface area contributed by atoms with Crippen molar-refractivity contribution in [2.45, 2.75) is 13.5 Å². The molecule has 1 unspecified atom stereocenters. The van der Waals surface area contributed by atoms with Crippen molar-refractivity contribution in [3.63, 3.8) is 0 Å². The van der Waals surface area contributed by atoms with Crippen LogP contribution in [0.25, 0.3) is 0 Å². The molecule has 1 fully saturated rings. The van der Waals surface area contributed by atoms with Gasteiger partial charge in [0.2, 0.25) is 11.9 Å². The minimum Gasteiger partial charge on any atom is -0.316 e. The summed E-state index contributed by atoms with van der Waals surface area (Å²) in [5, 5.41) is 10.3. The second-order valence-electron chi connectivity index (χ2n) is 5.59. The number of benzene rings is 1. The van der Waals surface area contributed by atoms with Crippen LogP contribution in [0.1, 0.15) is 12.5 Å². The summed E-state index contributed by atoms with van der Waals surface area (Å²) in [6.45, 7) is 4.36. The fourth-order valence-corrected chi connectivity index (χ4v) is 2.80. The number of aromatic nitrogens is 3. The van der Waals surface area contributed by atoms with Crippen LogP contribution in [0.3, 0.4) is 0 Å². The van der Waals surface area contributed by atoms with Crippen molar-refractivity contribution in [1.82, 2.24) is 20.1 Å². The predicted octanol–water partition coefficient (Wildman–Crippen LogP) is 2.30. The molecule has 1 saturated heterocycles. The van der Waals surface area contributed by atoms with Crippen LogP contribution < -0.4 is 10.6 Å². The summed E-state index contributed by atoms with van der Waals surface area (Å²) in [6, 6.07) is 8.02. The van der Waals surface area contributed by atoms with Gasteiger partial charge in [-0.2, -0.15) is 0 Å². The molecule has 1 aromatic heterocycles. The maximum absolute atomic E-state index is 12.1. The third-order valence-corrected chi connectivity index (χ3v) is 4.43. The first kappa shape index (κ1) is 17.9. The SMILES string of the molecule is CC(C(=O)Nc1ncn(Cc2cccc(Br)c2)n1)C1CNC1.Cl. The highest BCUT2D eigenvalue weighted by Gasteiger charge is 2.29. The van der Waals surface area contributed by atoms with E-state index in [0.717, 1.165) is 23.1 Å². The van der Waals surface area contributed by atoms with Gasteiger partial charge >= 0.3 is 0 Å². The molecule has 0 spiro atoms. The molecule has 2 N–H and O–H groups in total. The molecule has 3 rings (SSSR count). The smallest absolute Gasteiger partial charge is 0.248 e. The Labute approximate surface area is 149 Å². The number of hydrogen-bond donors (Lipinski definition) is 2. The van der Waals surface area contributed by atoms with E-state index in [1.165, 1.54) is 0 Å². The number of amides is 1. The zero-order valence-electron chi connectivity index (χ0n) is 12.7. The van der Waals surface area contributed by atoms with Crippen LogP contribution in [0.15, 0.2) is 35.1 Å². The van der Waals surface area contributed by atoms with E-state index in [4.69, 9.17) is 0 Å². The Balaban J connectivity index is 0.00000192. The van der Waals surface area contributed by atoms with Crippen molar-refractivity contribution < 1.29 is 4.79 Å². The van der Waals surface area contributed by atoms with Crippen LogP contribution in [0.4, 0.5) is 5.95 Å². The Kier molecular flexibility index (Phi) is 6.15. The number of nitrogens with zero attached hydrogens (tertiary/aromatic N) is 3. The Morgan fingerprint density at radius 3 is 2.96 bits per heavy atom. The van der Waals surface area contributed by atoms with E-state index >= 15 is 0 Å². The van der Waals surface area contributed by atoms with Gasteiger partial charge in [0, 0.05) is 10.4 Å². The van der Waals surface area contributed by atoms with Gasteiger partial charge in [-0.3, -0.25) is 10.1 Å². The van der Waals surface area contributed by atoms with Crippen LogP contribution in [0.5, 0.6) is 0 Å². The number of carbonyl (C=O) groups is 1. The molecule has 0 aliphatic carbocycles. The summed E-state index contributed by atoms with van der Waals surface area (Å²) in [5.74, 6) is 0.716. The zero-order chi connectivity index (χ0) is 15.5. The fraction of sp³-hybridized carbons (Fsp3) is 0.400. The van der Waals surface area contributed by atoms with Crippen molar-refractivity contribution in [3.05, 3.63) is 40.6 Å². The van der Waals surface area contributed by atoms with Gasteiger partial charge in [0.05, 0.1) is 6.54 Å². The first-order valence-electron chi connectivity index (χ1n) is 7.27. The van der Waals surface area contributed by atoms with E-state index in [-0.39, 0.29) is 24.2 Å². The molecule has 1 atom stereocenters. The topological polar surface area (TPSA) is 71.8 Å². The Morgan fingerprint density at radius 2 is 2.30 bits per heavy atom. The maximum atomic E-state index is 12.1. The Hall–Kier alpha value is -1.44. The lowest BCUT2D eigenvalue weighted by atomic mass is 9.88. The summed E-state index contributed by atoms with van der Waals surface area (Å²) in [4.78, 5) is 16.3. The van der Waals surface area contributed by atoms with Crippen LogP contribution in [0.2, 0.25) is 0 Å². The minimum atomic E-state index is -0.0294. The van der Waals surface area contributed by atoms with E-state index in [0.29, 0.717) is 18.4 Å². The van der Waals surface area contributed by atoms with Crippen molar-refractivity contribution in [2.24, 2.45) is 11.8 Å². The summed E-state index contributed by atoms with van der Waals surface area (Å²) in [6.07, 6.45) is 1.63. The molecule has 1 amide bonds. The Morgan fingerprint density at radius 1 is 1.52 bits per heavy atom. The van der Waals surface area contributed by atoms with Crippen LogP contribution in [-0.2, 0) is 11.3 Å². The third-order valence-electron chi connectivity index (χ3n) is 3.94. The zero-order valence-corrected chi connectivity index (χ0v) is 15.1. The molecule has 1 aliphatic heterocycles. The normalized spacial score (nSPS) is 15.4. The standard InChI is InChI=1S/C15H18BrN5O.ClH/c1-10(12-6-17-7-12)14(22)19-15-18-9-21(20-15)8-11-3-2-4-13(16)5-11;/h2-5,9-10,12,17H,6-8H2,1H3,(H,19,20,22);1H. The number of rotatable bonds is 5. The monoisotopic (exact) mass is 399 g/mol. The average Bonchev–Trinajstić information content (AvgIpc) is 2.84. The molecule has 2 heterocycles. The molecule has 2 aromatic rings. The second-order valence-corrected chi connectivity index (χ2v) is 6.51. The summed E-state index contributed by atoms with van der Waals surface area (Å²) < 4.78 is 2.74. The number of anilines is 1. The van der Waals surface area contributed by atoms with Gasteiger partial charge in [0.1, 0.15) is 6.33 Å². The number of hydrogen-bond acceptors (Lipinski definition) is 4.